The van der Waals surface area contributed by atoms with Crippen LogP contribution < -0.4 is 0 Å². The summed E-state index contributed by atoms with van der Waals surface area (Å²) < 4.78 is 11.0. The first-order valence-electron chi connectivity index (χ1n) is 11.3. The van der Waals surface area contributed by atoms with Gasteiger partial charge in [0.25, 0.3) is 0 Å². The number of carbonyl (C=O) groups is 3. The molecule has 34 heavy (non-hydrogen) atoms. The van der Waals surface area contributed by atoms with Crippen molar-refractivity contribution in [2.75, 3.05) is 33.3 Å². The van der Waals surface area contributed by atoms with E-state index in [1.807, 2.05) is 36.4 Å². The standard InChI is InChI=1S/C24H34N4O6/c1-24(2,3)34-23(32)28-15-19(11-12-25)27(16-20(28)21(30)26(4)13-8-14-29)22(31)33-17-18-9-6-5-7-10-18/h5-7,9-10,19-20,29H,8,11,13-17H2,1-4H3. The summed E-state index contributed by atoms with van der Waals surface area (Å²) in [6.45, 7) is 5.22. The van der Waals surface area contributed by atoms with E-state index in [1.54, 1.807) is 27.8 Å². The van der Waals surface area contributed by atoms with Crippen molar-refractivity contribution in [3.8, 4) is 6.07 Å². The second kappa shape index (κ2) is 12.2. The monoisotopic (exact) mass is 474 g/mol. The molecule has 1 aliphatic rings. The lowest BCUT2D eigenvalue weighted by Gasteiger charge is -2.45. The molecular weight excluding hydrogens is 440 g/mol. The number of ether oxygens (including phenoxy) is 2. The summed E-state index contributed by atoms with van der Waals surface area (Å²) in [5, 5.41) is 18.4. The van der Waals surface area contributed by atoms with Crippen LogP contribution in [-0.2, 0) is 20.9 Å². The lowest BCUT2D eigenvalue weighted by molar-refractivity contribution is -0.138. The van der Waals surface area contributed by atoms with E-state index in [-0.39, 0.29) is 39.3 Å². The van der Waals surface area contributed by atoms with Gasteiger partial charge in [-0.25, -0.2) is 9.59 Å². The maximum atomic E-state index is 13.2. The van der Waals surface area contributed by atoms with E-state index in [0.717, 1.165) is 5.56 Å². The van der Waals surface area contributed by atoms with Gasteiger partial charge in [-0.1, -0.05) is 30.3 Å². The Morgan fingerprint density at radius 2 is 1.82 bits per heavy atom. The van der Waals surface area contributed by atoms with E-state index >= 15 is 0 Å². The average Bonchev–Trinajstić information content (AvgIpc) is 2.80. The highest BCUT2D eigenvalue weighted by Gasteiger charge is 2.44. The SMILES string of the molecule is CN(CCCO)C(=O)C1CN(C(=O)OCc2ccccc2)C(CC#N)CN1C(=O)OC(C)(C)C. The highest BCUT2D eigenvalue weighted by atomic mass is 16.6. The number of nitriles is 1. The molecule has 3 amide bonds. The molecule has 0 spiro atoms. The molecule has 10 nitrogen and oxygen atoms in total. The lowest BCUT2D eigenvalue weighted by atomic mass is 10.0. The van der Waals surface area contributed by atoms with Crippen molar-refractivity contribution in [2.45, 2.75) is 57.9 Å². The molecule has 1 fully saturated rings. The maximum absolute atomic E-state index is 13.2. The minimum absolute atomic E-state index is 0.0407. The van der Waals surface area contributed by atoms with Crippen LogP contribution in [0.5, 0.6) is 0 Å². The third-order valence-electron chi connectivity index (χ3n) is 5.30. The highest BCUT2D eigenvalue weighted by molar-refractivity contribution is 5.87. The van der Waals surface area contributed by atoms with Gasteiger partial charge < -0.3 is 19.5 Å². The zero-order chi connectivity index (χ0) is 25.3. The molecule has 0 aromatic heterocycles. The molecule has 2 rings (SSSR count). The maximum Gasteiger partial charge on any atom is 0.411 e. The van der Waals surface area contributed by atoms with Crippen LogP contribution in [0.1, 0.15) is 39.2 Å². The molecule has 0 bridgehead atoms. The number of hydrogen-bond donors (Lipinski definition) is 1. The van der Waals surface area contributed by atoms with Crippen molar-refractivity contribution in [1.82, 2.24) is 14.7 Å². The second-order valence-electron chi connectivity index (χ2n) is 9.19. The van der Waals surface area contributed by atoms with Crippen molar-refractivity contribution in [1.29, 1.82) is 5.26 Å². The number of amides is 3. The summed E-state index contributed by atoms with van der Waals surface area (Å²) in [7, 11) is 1.57. The van der Waals surface area contributed by atoms with Crippen LogP contribution in [0, 0.1) is 11.3 Å². The van der Waals surface area contributed by atoms with Crippen LogP contribution in [0.25, 0.3) is 0 Å². The van der Waals surface area contributed by atoms with E-state index in [9.17, 15) is 19.6 Å². The molecule has 1 aromatic carbocycles. The Morgan fingerprint density at radius 3 is 2.41 bits per heavy atom. The Kier molecular flexibility index (Phi) is 9.69. The number of carbonyl (C=O) groups excluding carboxylic acids is 3. The minimum atomic E-state index is -1.02. The molecule has 2 unspecified atom stereocenters. The number of hydrogen-bond acceptors (Lipinski definition) is 7. The first kappa shape index (κ1) is 26.9. The summed E-state index contributed by atoms with van der Waals surface area (Å²) in [5.74, 6) is -0.393. The summed E-state index contributed by atoms with van der Waals surface area (Å²) >= 11 is 0. The van der Waals surface area contributed by atoms with Gasteiger partial charge in [-0.3, -0.25) is 14.6 Å². The van der Waals surface area contributed by atoms with Gasteiger partial charge in [-0.2, -0.15) is 5.26 Å². The molecule has 186 valence electrons. The predicted octanol–water partition coefficient (Wildman–Crippen LogP) is 2.37. The van der Waals surface area contributed by atoms with Gasteiger partial charge in [0.15, 0.2) is 0 Å². The minimum Gasteiger partial charge on any atom is -0.445 e. The number of likely N-dealkylation sites (N-methyl/N-ethyl adjacent to an activating group) is 1. The predicted molar refractivity (Wildman–Crippen MR) is 123 cm³/mol. The molecule has 1 aliphatic heterocycles. The fourth-order valence-corrected chi connectivity index (χ4v) is 3.60. The van der Waals surface area contributed by atoms with Crippen LogP contribution in [0.15, 0.2) is 30.3 Å². The van der Waals surface area contributed by atoms with Crippen molar-refractivity contribution in [2.24, 2.45) is 0 Å². The first-order chi connectivity index (χ1) is 16.1. The van der Waals surface area contributed by atoms with Crippen LogP contribution in [0.2, 0.25) is 0 Å². The number of benzene rings is 1. The van der Waals surface area contributed by atoms with E-state index in [1.165, 1.54) is 14.7 Å². The Balaban J connectivity index is 2.27. The van der Waals surface area contributed by atoms with Crippen molar-refractivity contribution in [3.05, 3.63) is 35.9 Å². The summed E-state index contributed by atoms with van der Waals surface area (Å²) in [5.41, 5.74) is 0.0145. The Hall–Kier alpha value is -3.32. The molecule has 1 saturated heterocycles. The van der Waals surface area contributed by atoms with Crippen LogP contribution >= 0.6 is 0 Å². The quantitative estimate of drug-likeness (QED) is 0.643. The summed E-state index contributed by atoms with van der Waals surface area (Å²) in [6, 6.07) is 9.53. The fourth-order valence-electron chi connectivity index (χ4n) is 3.60. The van der Waals surface area contributed by atoms with Crippen LogP contribution in [0.3, 0.4) is 0 Å². The smallest absolute Gasteiger partial charge is 0.411 e. The lowest BCUT2D eigenvalue weighted by Crippen LogP contribution is -2.65. The third kappa shape index (κ3) is 7.63. The molecule has 10 heteroatoms. The topological polar surface area (TPSA) is 123 Å². The zero-order valence-electron chi connectivity index (χ0n) is 20.3. The Bertz CT molecular complexity index is 880. The molecule has 1 N–H and O–H groups in total. The van der Waals surface area contributed by atoms with Gasteiger partial charge in [0.2, 0.25) is 5.91 Å². The second-order valence-corrected chi connectivity index (χ2v) is 9.19. The van der Waals surface area contributed by atoms with E-state index in [0.29, 0.717) is 6.42 Å². The molecule has 2 atom stereocenters. The summed E-state index contributed by atoms with van der Waals surface area (Å²) in [6.07, 6.45) is -1.02. The van der Waals surface area contributed by atoms with E-state index < -0.39 is 35.8 Å². The van der Waals surface area contributed by atoms with Crippen molar-refractivity contribution < 1.29 is 29.0 Å². The van der Waals surface area contributed by atoms with Crippen LogP contribution in [-0.4, -0.2) is 88.9 Å². The highest BCUT2D eigenvalue weighted by Crippen LogP contribution is 2.23. The molecular formula is C24H34N4O6. The van der Waals surface area contributed by atoms with Gasteiger partial charge in [-0.05, 0) is 32.8 Å². The largest absolute Gasteiger partial charge is 0.445 e. The van der Waals surface area contributed by atoms with Crippen LogP contribution in [0.4, 0.5) is 9.59 Å². The number of nitrogens with zero attached hydrogens (tertiary/aromatic N) is 4. The van der Waals surface area contributed by atoms with Gasteiger partial charge in [0.05, 0.1) is 25.1 Å². The van der Waals surface area contributed by atoms with Gasteiger partial charge in [-0.15, -0.1) is 0 Å². The third-order valence-corrected chi connectivity index (χ3v) is 5.30. The normalized spacial score (nSPS) is 18.1. The number of piperazine rings is 1. The average molecular weight is 475 g/mol. The fraction of sp³-hybridized carbons (Fsp3) is 0.583. The number of aliphatic hydroxyl groups excluding tert-OH is 1. The van der Waals surface area contributed by atoms with Crippen molar-refractivity contribution in [3.63, 3.8) is 0 Å². The molecule has 0 saturated carbocycles. The molecule has 1 aromatic rings. The number of rotatable bonds is 7. The van der Waals surface area contributed by atoms with E-state index in [2.05, 4.69) is 0 Å². The van der Waals surface area contributed by atoms with Crippen molar-refractivity contribution >= 4 is 18.1 Å². The van der Waals surface area contributed by atoms with E-state index in [4.69, 9.17) is 14.6 Å². The van der Waals surface area contributed by atoms with Gasteiger partial charge in [0, 0.05) is 26.7 Å². The molecule has 1 heterocycles. The number of aliphatic hydroxyl groups is 1. The molecule has 0 radical (unpaired) electrons. The zero-order valence-corrected chi connectivity index (χ0v) is 20.3. The van der Waals surface area contributed by atoms with Gasteiger partial charge >= 0.3 is 12.2 Å². The summed E-state index contributed by atoms with van der Waals surface area (Å²) in [4.78, 5) is 43.2. The van der Waals surface area contributed by atoms with Gasteiger partial charge in [0.1, 0.15) is 18.2 Å². The first-order valence-corrected chi connectivity index (χ1v) is 11.3. The molecule has 0 aliphatic carbocycles. The Labute approximate surface area is 200 Å². The Morgan fingerprint density at radius 1 is 1.15 bits per heavy atom.